The molecule has 2 amide bonds. The van der Waals surface area contributed by atoms with E-state index in [-0.39, 0.29) is 18.1 Å². The van der Waals surface area contributed by atoms with Gasteiger partial charge < -0.3 is 11.1 Å². The van der Waals surface area contributed by atoms with Crippen LogP contribution >= 0.6 is 0 Å². The van der Waals surface area contributed by atoms with Crippen LogP contribution in [0.4, 0.5) is 14.5 Å². The molecule has 0 bridgehead atoms. The van der Waals surface area contributed by atoms with Gasteiger partial charge in [0, 0.05) is 17.2 Å². The van der Waals surface area contributed by atoms with E-state index in [1.54, 1.807) is 12.1 Å². The molecule has 10 heteroatoms. The minimum absolute atomic E-state index is 0.154. The normalized spacial score (nSPS) is 10.5. The molecule has 0 aliphatic carbocycles. The summed E-state index contributed by atoms with van der Waals surface area (Å²) in [6, 6.07) is 9.02. The molecule has 0 atom stereocenters. The lowest BCUT2D eigenvalue weighted by atomic mass is 10.1. The molecule has 0 spiro atoms. The number of amides is 2. The molecular weight excluding hydrogens is 346 g/mol. The van der Waals surface area contributed by atoms with Crippen molar-refractivity contribution in [2.75, 3.05) is 5.32 Å². The number of nitrogens with one attached hydrogen (secondary N) is 1. The minimum Gasteiger partial charge on any atom is -0.366 e. The van der Waals surface area contributed by atoms with Crippen LogP contribution in [0.1, 0.15) is 10.4 Å². The van der Waals surface area contributed by atoms with Gasteiger partial charge in [0.25, 0.3) is 0 Å². The molecule has 0 aliphatic rings. The smallest absolute Gasteiger partial charge is 0.248 e. The van der Waals surface area contributed by atoms with Gasteiger partial charge in [0.2, 0.25) is 17.6 Å². The molecule has 1 aromatic heterocycles. The van der Waals surface area contributed by atoms with Gasteiger partial charge in [0.1, 0.15) is 18.2 Å². The third-order valence-electron chi connectivity index (χ3n) is 3.37. The Morgan fingerprint density at radius 3 is 2.50 bits per heavy atom. The van der Waals surface area contributed by atoms with E-state index in [4.69, 9.17) is 5.73 Å². The maximum atomic E-state index is 13.5. The molecule has 0 fully saturated rings. The number of benzene rings is 2. The Kier molecular flexibility index (Phi) is 4.65. The predicted octanol–water partition coefficient (Wildman–Crippen LogP) is 1.36. The first-order valence-corrected chi connectivity index (χ1v) is 7.35. The van der Waals surface area contributed by atoms with Crippen LogP contribution in [-0.2, 0) is 11.3 Å². The maximum Gasteiger partial charge on any atom is 0.248 e. The second kappa shape index (κ2) is 7.05. The molecule has 3 aromatic rings. The van der Waals surface area contributed by atoms with Gasteiger partial charge in [0.05, 0.1) is 5.69 Å². The Morgan fingerprint density at radius 1 is 1.12 bits per heavy atom. The molecule has 0 unspecified atom stereocenters. The fourth-order valence-corrected chi connectivity index (χ4v) is 2.12. The van der Waals surface area contributed by atoms with E-state index in [9.17, 15) is 18.4 Å². The lowest BCUT2D eigenvalue weighted by Crippen LogP contribution is -2.21. The first-order valence-electron chi connectivity index (χ1n) is 7.35. The molecule has 26 heavy (non-hydrogen) atoms. The van der Waals surface area contributed by atoms with E-state index >= 15 is 0 Å². The van der Waals surface area contributed by atoms with Crippen LogP contribution < -0.4 is 11.1 Å². The van der Waals surface area contributed by atoms with E-state index in [0.717, 1.165) is 16.9 Å². The standard InChI is InChI=1S/C16H12F2N6O2/c17-11-5-6-13(12(18)7-11)20-14(25)8-24-22-16(21-23-24)10-3-1-9(2-4-10)15(19)26/h1-7H,8H2,(H2,19,26)(H,20,25). The fraction of sp³-hybridized carbons (Fsp3) is 0.0625. The van der Waals surface area contributed by atoms with E-state index in [2.05, 4.69) is 20.7 Å². The van der Waals surface area contributed by atoms with Gasteiger partial charge in [-0.3, -0.25) is 9.59 Å². The van der Waals surface area contributed by atoms with Crippen molar-refractivity contribution in [2.24, 2.45) is 5.73 Å². The molecule has 0 radical (unpaired) electrons. The highest BCUT2D eigenvalue weighted by atomic mass is 19.1. The highest BCUT2D eigenvalue weighted by Crippen LogP contribution is 2.16. The number of hydrogen-bond acceptors (Lipinski definition) is 5. The Balaban J connectivity index is 1.67. The van der Waals surface area contributed by atoms with Crippen molar-refractivity contribution in [3.05, 3.63) is 59.7 Å². The van der Waals surface area contributed by atoms with Crippen molar-refractivity contribution < 1.29 is 18.4 Å². The number of tetrazole rings is 1. The lowest BCUT2D eigenvalue weighted by molar-refractivity contribution is -0.117. The second-order valence-electron chi connectivity index (χ2n) is 5.26. The highest BCUT2D eigenvalue weighted by molar-refractivity contribution is 5.93. The zero-order valence-electron chi connectivity index (χ0n) is 13.2. The predicted molar refractivity (Wildman–Crippen MR) is 86.8 cm³/mol. The zero-order valence-corrected chi connectivity index (χ0v) is 13.2. The number of nitrogens with zero attached hydrogens (tertiary/aromatic N) is 4. The number of anilines is 1. The summed E-state index contributed by atoms with van der Waals surface area (Å²) in [6.07, 6.45) is 0. The van der Waals surface area contributed by atoms with E-state index in [1.165, 1.54) is 12.1 Å². The van der Waals surface area contributed by atoms with Crippen LogP contribution in [0.3, 0.4) is 0 Å². The fourth-order valence-electron chi connectivity index (χ4n) is 2.12. The number of hydrogen-bond donors (Lipinski definition) is 2. The van der Waals surface area contributed by atoms with Gasteiger partial charge in [-0.25, -0.2) is 8.78 Å². The SMILES string of the molecule is NC(=O)c1ccc(-c2nnn(CC(=O)Nc3ccc(F)cc3F)n2)cc1. The molecule has 0 saturated carbocycles. The molecule has 3 rings (SSSR count). The van der Waals surface area contributed by atoms with Crippen molar-refractivity contribution >= 4 is 17.5 Å². The molecule has 3 N–H and O–H groups in total. The average Bonchev–Trinajstić information content (AvgIpc) is 3.06. The molecule has 8 nitrogen and oxygen atoms in total. The van der Waals surface area contributed by atoms with Gasteiger partial charge in [-0.2, -0.15) is 4.80 Å². The summed E-state index contributed by atoms with van der Waals surface area (Å²) < 4.78 is 26.4. The van der Waals surface area contributed by atoms with E-state index in [0.29, 0.717) is 17.2 Å². The van der Waals surface area contributed by atoms with Crippen LogP contribution in [0.5, 0.6) is 0 Å². The topological polar surface area (TPSA) is 116 Å². The average molecular weight is 358 g/mol. The van der Waals surface area contributed by atoms with E-state index in [1.807, 2.05) is 0 Å². The molecule has 2 aromatic carbocycles. The monoisotopic (exact) mass is 358 g/mol. The Labute approximate surface area is 145 Å². The summed E-state index contributed by atoms with van der Waals surface area (Å²) in [6.45, 7) is -0.316. The number of primary amides is 1. The van der Waals surface area contributed by atoms with Crippen molar-refractivity contribution in [2.45, 2.75) is 6.54 Å². The van der Waals surface area contributed by atoms with Crippen LogP contribution in [0.25, 0.3) is 11.4 Å². The summed E-state index contributed by atoms with van der Waals surface area (Å²) in [5.74, 6) is -2.56. The number of rotatable bonds is 5. The van der Waals surface area contributed by atoms with Crippen LogP contribution in [0.15, 0.2) is 42.5 Å². The largest absolute Gasteiger partial charge is 0.366 e. The van der Waals surface area contributed by atoms with E-state index < -0.39 is 23.4 Å². The van der Waals surface area contributed by atoms with Gasteiger partial charge in [-0.15, -0.1) is 10.2 Å². The van der Waals surface area contributed by atoms with Crippen LogP contribution in [0, 0.1) is 11.6 Å². The summed E-state index contributed by atoms with van der Waals surface area (Å²) in [7, 11) is 0. The van der Waals surface area contributed by atoms with Gasteiger partial charge >= 0.3 is 0 Å². The third kappa shape index (κ3) is 3.86. The van der Waals surface area contributed by atoms with Gasteiger partial charge in [-0.1, -0.05) is 12.1 Å². The Morgan fingerprint density at radius 2 is 1.85 bits per heavy atom. The molecule has 1 heterocycles. The summed E-state index contributed by atoms with van der Waals surface area (Å²) in [5.41, 5.74) is 5.92. The quantitative estimate of drug-likeness (QED) is 0.714. The Bertz CT molecular complexity index is 971. The maximum absolute atomic E-state index is 13.5. The van der Waals surface area contributed by atoms with Crippen LogP contribution in [0.2, 0.25) is 0 Å². The first kappa shape index (κ1) is 17.1. The highest BCUT2D eigenvalue weighted by Gasteiger charge is 2.12. The number of carbonyl (C=O) groups is 2. The van der Waals surface area contributed by atoms with Crippen molar-refractivity contribution in [1.29, 1.82) is 0 Å². The molecule has 132 valence electrons. The molecular formula is C16H12F2N6O2. The number of halogens is 2. The second-order valence-corrected chi connectivity index (χ2v) is 5.26. The number of carbonyl (C=O) groups excluding carboxylic acids is 2. The third-order valence-corrected chi connectivity index (χ3v) is 3.37. The van der Waals surface area contributed by atoms with Crippen molar-refractivity contribution in [3.63, 3.8) is 0 Å². The number of aromatic nitrogens is 4. The zero-order chi connectivity index (χ0) is 18.7. The van der Waals surface area contributed by atoms with Gasteiger partial charge in [-0.05, 0) is 29.5 Å². The summed E-state index contributed by atoms with van der Waals surface area (Å²) in [5, 5.41) is 13.9. The Hall–Kier alpha value is -3.69. The van der Waals surface area contributed by atoms with Gasteiger partial charge in [0.15, 0.2) is 0 Å². The van der Waals surface area contributed by atoms with Crippen LogP contribution in [-0.4, -0.2) is 32.0 Å². The minimum atomic E-state index is -0.889. The molecule has 0 saturated heterocycles. The first-order chi connectivity index (χ1) is 12.4. The number of nitrogens with two attached hydrogens (primary N) is 1. The van der Waals surface area contributed by atoms with Crippen molar-refractivity contribution in [1.82, 2.24) is 20.2 Å². The van der Waals surface area contributed by atoms with Crippen molar-refractivity contribution in [3.8, 4) is 11.4 Å². The summed E-state index contributed by atoms with van der Waals surface area (Å²) >= 11 is 0. The molecule has 0 aliphatic heterocycles. The lowest BCUT2D eigenvalue weighted by Gasteiger charge is -2.05. The summed E-state index contributed by atoms with van der Waals surface area (Å²) in [4.78, 5) is 24.0.